The molecule has 0 atom stereocenters. The molecule has 30 heavy (non-hydrogen) atoms. The number of thiocarbonyl (C=S) groups is 1. The van der Waals surface area contributed by atoms with Crippen molar-refractivity contribution >= 4 is 29.0 Å². The first kappa shape index (κ1) is 21.9. The van der Waals surface area contributed by atoms with E-state index in [1.165, 1.54) is 7.11 Å². The van der Waals surface area contributed by atoms with E-state index in [4.69, 9.17) is 39.8 Å². The van der Waals surface area contributed by atoms with E-state index < -0.39 is 38.8 Å². The molecule has 7 nitrogen and oxygen atoms in total. The molecule has 1 saturated heterocycles. The Balaban J connectivity index is 1.82. The minimum atomic E-state index is -0.920. The van der Waals surface area contributed by atoms with Gasteiger partial charge in [0.25, 0.3) is 0 Å². The van der Waals surface area contributed by atoms with Crippen LogP contribution in [-0.2, 0) is 28.5 Å². The van der Waals surface area contributed by atoms with Gasteiger partial charge in [-0.05, 0) is 0 Å². The van der Waals surface area contributed by atoms with Gasteiger partial charge in [0.05, 0.1) is 0 Å². The molecule has 164 valence electrons. The van der Waals surface area contributed by atoms with E-state index in [2.05, 4.69) is 0 Å². The fourth-order valence-electron chi connectivity index (χ4n) is 4.55. The summed E-state index contributed by atoms with van der Waals surface area (Å²) in [7, 11) is 1.44. The number of halogens is 1. The molecule has 2 aliphatic heterocycles. The summed E-state index contributed by atoms with van der Waals surface area (Å²) in [5, 5.41) is -0.0532. The minimum absolute atomic E-state index is 0.0532. The fourth-order valence-corrected chi connectivity index (χ4v) is 6.31. The topological polar surface area (TPSA) is 89.2 Å². The third-order valence-corrected chi connectivity index (χ3v) is 7.69. The van der Waals surface area contributed by atoms with Crippen LogP contribution in [-0.4, -0.2) is 42.9 Å². The summed E-state index contributed by atoms with van der Waals surface area (Å²) in [5.74, 6) is -0.599. The van der Waals surface area contributed by atoms with Crippen molar-refractivity contribution < 1.29 is 50.0 Å². The summed E-state index contributed by atoms with van der Waals surface area (Å²) < 4.78 is 35.9. The van der Waals surface area contributed by atoms with Crippen LogP contribution in [0.2, 0.25) is 0 Å². The van der Waals surface area contributed by atoms with E-state index in [1.807, 2.05) is 26.0 Å². The van der Waals surface area contributed by atoms with Crippen molar-refractivity contribution in [1.29, 1.82) is 0 Å². The van der Waals surface area contributed by atoms with E-state index in [9.17, 15) is 4.79 Å². The zero-order valence-electron chi connectivity index (χ0n) is 17.2. The monoisotopic (exact) mass is 546 g/mol. The Hall–Kier alpha value is -1.27. The summed E-state index contributed by atoms with van der Waals surface area (Å²) in [6.45, 7) is 5.15. The van der Waals surface area contributed by atoms with Crippen molar-refractivity contribution in [1.82, 2.24) is 0 Å². The zero-order chi connectivity index (χ0) is 21.5. The number of carbonyl (C=O) groups is 1. The van der Waals surface area contributed by atoms with Crippen LogP contribution < -0.4 is 25.4 Å². The van der Waals surface area contributed by atoms with Crippen molar-refractivity contribution in [2.24, 2.45) is 3.95 Å². The molecule has 2 heterocycles. The average molecular weight is 546 g/mol. The third-order valence-electron chi connectivity index (χ3n) is 5.92. The van der Waals surface area contributed by atoms with Crippen LogP contribution in [0.3, 0.4) is 0 Å². The Morgan fingerprint density at radius 1 is 1.17 bits per heavy atom. The van der Waals surface area contributed by atoms with Gasteiger partial charge in [-0.3, -0.25) is 0 Å². The molecule has 1 aromatic carbocycles. The molecule has 1 saturated carbocycles. The molecule has 0 bridgehead atoms. The molecule has 0 radical (unpaired) electrons. The van der Waals surface area contributed by atoms with E-state index in [0.717, 1.165) is 20.3 Å². The first-order valence-corrected chi connectivity index (χ1v) is 12.5. The fraction of sp³-hybridized carbons (Fsp3) is 0.524. The van der Waals surface area contributed by atoms with Crippen LogP contribution in [0.1, 0.15) is 42.4 Å². The second kappa shape index (κ2) is 8.34. The number of benzene rings is 1. The number of methoxy groups -OCH3 is 1. The predicted octanol–water partition coefficient (Wildman–Crippen LogP) is -0.293. The van der Waals surface area contributed by atoms with Gasteiger partial charge in [0.2, 0.25) is 0 Å². The quantitative estimate of drug-likeness (QED) is 0.240. The molecule has 0 amide bonds. The molecule has 2 spiro atoms. The molecule has 1 aromatic rings. The van der Waals surface area contributed by atoms with Gasteiger partial charge in [-0.2, -0.15) is 0 Å². The predicted molar refractivity (Wildman–Crippen MR) is 108 cm³/mol. The van der Waals surface area contributed by atoms with Crippen molar-refractivity contribution in [2.45, 2.75) is 50.9 Å². The summed E-state index contributed by atoms with van der Waals surface area (Å²) in [6, 6.07) is 4.06. The van der Waals surface area contributed by atoms with Crippen LogP contribution in [0, 0.1) is 17.4 Å². The van der Waals surface area contributed by atoms with Crippen molar-refractivity contribution in [3.8, 4) is 0 Å². The number of ether oxygens (including phenoxy) is 5. The first-order chi connectivity index (χ1) is 14.3. The molecular formula is C21H25INO6S-. The normalized spacial score (nSPS) is 22.1. The van der Waals surface area contributed by atoms with Crippen molar-refractivity contribution in [3.05, 3.63) is 38.2 Å². The Labute approximate surface area is 191 Å². The van der Waals surface area contributed by atoms with Crippen LogP contribution >= 0.6 is 12.2 Å². The SMILES string of the molecule is COC(=S)OC1=C(c2c(C)cc(C)cc2[I-]N)C(=O)OC12CCC1(CC2)OCCO1. The van der Waals surface area contributed by atoms with Gasteiger partial charge >= 0.3 is 192 Å². The molecule has 1 aliphatic carbocycles. The number of nitrogens with two attached hydrogens (primary N) is 1. The molecule has 9 heteroatoms. The number of hydrogen-bond donors (Lipinski definition) is 1. The van der Waals surface area contributed by atoms with E-state index in [0.29, 0.717) is 50.2 Å². The van der Waals surface area contributed by atoms with Crippen LogP contribution in [0.15, 0.2) is 17.9 Å². The van der Waals surface area contributed by atoms with Crippen molar-refractivity contribution in [2.75, 3.05) is 20.3 Å². The Kier molecular flexibility index (Phi) is 6.10. The Morgan fingerprint density at radius 2 is 1.83 bits per heavy atom. The first-order valence-electron chi connectivity index (χ1n) is 9.80. The van der Waals surface area contributed by atoms with Crippen LogP contribution in [0.5, 0.6) is 0 Å². The summed E-state index contributed by atoms with van der Waals surface area (Å²) >= 11 is 4.42. The van der Waals surface area contributed by atoms with Gasteiger partial charge < -0.3 is 0 Å². The molecule has 4 rings (SSSR count). The molecule has 3 aliphatic rings. The van der Waals surface area contributed by atoms with E-state index in [1.54, 1.807) is 0 Å². The van der Waals surface area contributed by atoms with Crippen molar-refractivity contribution in [3.63, 3.8) is 0 Å². The third kappa shape index (κ3) is 3.75. The van der Waals surface area contributed by atoms with Gasteiger partial charge in [0, 0.05) is 0 Å². The average Bonchev–Trinajstić information content (AvgIpc) is 3.27. The Bertz CT molecular complexity index is 914. The molecule has 0 aromatic heterocycles. The Morgan fingerprint density at radius 3 is 2.43 bits per heavy atom. The number of esters is 1. The number of carbonyl (C=O) groups excluding carboxylic acids is 1. The van der Waals surface area contributed by atoms with E-state index >= 15 is 0 Å². The molecule has 2 fully saturated rings. The van der Waals surface area contributed by atoms with Crippen LogP contribution in [0.4, 0.5) is 0 Å². The second-order valence-electron chi connectivity index (χ2n) is 7.80. The summed E-state index contributed by atoms with van der Waals surface area (Å²) in [5.41, 5.74) is 2.33. The number of hydrogen-bond acceptors (Lipinski definition) is 8. The summed E-state index contributed by atoms with van der Waals surface area (Å²) in [6.07, 6.45) is 2.23. The van der Waals surface area contributed by atoms with Gasteiger partial charge in [-0.25, -0.2) is 0 Å². The standard InChI is InChI=1S/C21H25INO6S/c1-12-10-13(2)15(14(11-12)22-23)16-17(28-19(30)25-3)20(29-18(16)24)4-6-21(7-5-20)26-8-9-27-21/h10-11H,4-9,23H2,1-3H3/q-1. The van der Waals surface area contributed by atoms with Gasteiger partial charge in [-0.15, -0.1) is 0 Å². The second-order valence-corrected chi connectivity index (χ2v) is 9.92. The molecule has 2 N–H and O–H groups in total. The van der Waals surface area contributed by atoms with Crippen LogP contribution in [0.25, 0.3) is 5.57 Å². The van der Waals surface area contributed by atoms with Gasteiger partial charge in [-0.1, -0.05) is 0 Å². The van der Waals surface area contributed by atoms with Gasteiger partial charge in [0.15, 0.2) is 0 Å². The summed E-state index contributed by atoms with van der Waals surface area (Å²) in [4.78, 5) is 13.2. The van der Waals surface area contributed by atoms with Gasteiger partial charge in [0.1, 0.15) is 0 Å². The number of aryl methyl sites for hydroxylation is 2. The zero-order valence-corrected chi connectivity index (χ0v) is 20.2. The molecule has 0 unspecified atom stereocenters. The number of rotatable bonds is 3. The maximum absolute atomic E-state index is 13.2. The van der Waals surface area contributed by atoms with E-state index in [-0.39, 0.29) is 5.24 Å². The maximum atomic E-state index is 13.2. The molecular weight excluding hydrogens is 521 g/mol.